The van der Waals surface area contributed by atoms with Crippen LogP contribution in [0.5, 0.6) is 0 Å². The lowest BCUT2D eigenvalue weighted by atomic mass is 10.1. The van der Waals surface area contributed by atoms with Crippen LogP contribution in [0.25, 0.3) is 0 Å². The van der Waals surface area contributed by atoms with Crippen molar-refractivity contribution in [1.82, 2.24) is 4.98 Å². The van der Waals surface area contributed by atoms with E-state index in [0.29, 0.717) is 12.4 Å². The fourth-order valence-electron chi connectivity index (χ4n) is 2.35. The molecule has 1 unspecified atom stereocenters. The van der Waals surface area contributed by atoms with Gasteiger partial charge in [-0.15, -0.1) is 0 Å². The predicted molar refractivity (Wildman–Crippen MR) is 76.8 cm³/mol. The number of carbonyl (C=O) groups is 1. The normalized spacial score (nSPS) is 19.9. The van der Waals surface area contributed by atoms with Crippen LogP contribution in [-0.4, -0.2) is 31.6 Å². The second kappa shape index (κ2) is 5.49. The van der Waals surface area contributed by atoms with E-state index in [1.54, 1.807) is 11.0 Å². The lowest BCUT2D eigenvalue weighted by Gasteiger charge is -2.17. The van der Waals surface area contributed by atoms with E-state index in [1.165, 1.54) is 0 Å². The molecule has 20 heavy (non-hydrogen) atoms. The Balaban J connectivity index is 2.17. The van der Waals surface area contributed by atoms with Gasteiger partial charge in [0, 0.05) is 24.6 Å². The predicted octanol–water partition coefficient (Wildman–Crippen LogP) is 0.846. The standard InChI is InChI=1S/C13H19N3O3S/c1-9(2)11-4-3-5-12(15-11)16-7-10(6-13(16)17)8-20(14,18)19/h3-5,9-10H,6-8H2,1-2H3,(H2,14,18,19). The van der Waals surface area contributed by atoms with Gasteiger partial charge in [-0.25, -0.2) is 18.5 Å². The van der Waals surface area contributed by atoms with Crippen molar-refractivity contribution in [1.29, 1.82) is 0 Å². The second-order valence-electron chi connectivity index (χ2n) is 5.48. The molecule has 1 aliphatic rings. The first-order chi connectivity index (χ1) is 9.26. The van der Waals surface area contributed by atoms with Gasteiger partial charge in [0.1, 0.15) is 5.82 Å². The Bertz CT molecular complexity index is 613. The first-order valence-electron chi connectivity index (χ1n) is 6.54. The molecule has 0 saturated carbocycles. The monoisotopic (exact) mass is 297 g/mol. The van der Waals surface area contributed by atoms with E-state index in [1.807, 2.05) is 26.0 Å². The van der Waals surface area contributed by atoms with Gasteiger partial charge in [-0.2, -0.15) is 0 Å². The molecule has 1 aliphatic heterocycles. The van der Waals surface area contributed by atoms with Crippen molar-refractivity contribution >= 4 is 21.7 Å². The molecule has 0 spiro atoms. The molecular weight excluding hydrogens is 278 g/mol. The van der Waals surface area contributed by atoms with Crippen LogP contribution in [-0.2, 0) is 14.8 Å². The average molecular weight is 297 g/mol. The minimum absolute atomic E-state index is 0.105. The minimum Gasteiger partial charge on any atom is -0.296 e. The zero-order valence-corrected chi connectivity index (χ0v) is 12.4. The SMILES string of the molecule is CC(C)c1cccc(N2CC(CS(N)(=O)=O)CC2=O)n1. The van der Waals surface area contributed by atoms with Crippen molar-refractivity contribution in [2.45, 2.75) is 26.2 Å². The highest BCUT2D eigenvalue weighted by Crippen LogP contribution is 2.25. The maximum Gasteiger partial charge on any atom is 0.228 e. The molecule has 1 aromatic heterocycles. The Hall–Kier alpha value is -1.47. The summed E-state index contributed by atoms with van der Waals surface area (Å²) < 4.78 is 22.2. The molecule has 7 heteroatoms. The molecule has 0 radical (unpaired) electrons. The summed E-state index contributed by atoms with van der Waals surface area (Å²) in [6, 6.07) is 5.54. The Labute approximate surface area is 119 Å². The number of pyridine rings is 1. The smallest absolute Gasteiger partial charge is 0.228 e. The summed E-state index contributed by atoms with van der Waals surface area (Å²) in [6.45, 7) is 4.41. The highest BCUT2D eigenvalue weighted by Gasteiger charge is 2.33. The number of carbonyl (C=O) groups excluding carboxylic acids is 1. The average Bonchev–Trinajstić information content (AvgIpc) is 2.68. The third-order valence-electron chi connectivity index (χ3n) is 3.30. The van der Waals surface area contributed by atoms with Crippen LogP contribution in [0.15, 0.2) is 18.2 Å². The number of sulfonamides is 1. The molecule has 2 heterocycles. The second-order valence-corrected chi connectivity index (χ2v) is 7.14. The van der Waals surface area contributed by atoms with Gasteiger partial charge >= 0.3 is 0 Å². The largest absolute Gasteiger partial charge is 0.296 e. The van der Waals surface area contributed by atoms with Crippen LogP contribution in [0, 0.1) is 5.92 Å². The Morgan fingerprint density at radius 3 is 2.75 bits per heavy atom. The van der Waals surface area contributed by atoms with Gasteiger partial charge in [0.2, 0.25) is 15.9 Å². The summed E-state index contributed by atoms with van der Waals surface area (Å²) in [5, 5.41) is 5.04. The summed E-state index contributed by atoms with van der Waals surface area (Å²) in [6.07, 6.45) is 0.198. The third kappa shape index (κ3) is 3.55. The van der Waals surface area contributed by atoms with Crippen LogP contribution in [0.1, 0.15) is 31.9 Å². The van der Waals surface area contributed by atoms with Crippen LogP contribution >= 0.6 is 0 Å². The van der Waals surface area contributed by atoms with Crippen LogP contribution in [0.2, 0.25) is 0 Å². The minimum atomic E-state index is -3.56. The van der Waals surface area contributed by atoms with Crippen molar-refractivity contribution in [3.63, 3.8) is 0 Å². The lowest BCUT2D eigenvalue weighted by molar-refractivity contribution is -0.117. The van der Waals surface area contributed by atoms with Crippen molar-refractivity contribution in [2.75, 3.05) is 17.2 Å². The first kappa shape index (κ1) is 14.9. The number of hydrogen-bond donors (Lipinski definition) is 1. The molecule has 2 N–H and O–H groups in total. The van der Waals surface area contributed by atoms with E-state index in [-0.39, 0.29) is 29.9 Å². The molecule has 6 nitrogen and oxygen atoms in total. The van der Waals surface area contributed by atoms with Gasteiger partial charge in [0.05, 0.1) is 5.75 Å². The molecule has 1 fully saturated rings. The van der Waals surface area contributed by atoms with Gasteiger partial charge in [-0.1, -0.05) is 19.9 Å². The van der Waals surface area contributed by atoms with Crippen molar-refractivity contribution in [3.05, 3.63) is 23.9 Å². The van der Waals surface area contributed by atoms with E-state index < -0.39 is 10.0 Å². The Morgan fingerprint density at radius 2 is 2.15 bits per heavy atom. The van der Waals surface area contributed by atoms with E-state index in [0.717, 1.165) is 5.69 Å². The number of anilines is 1. The van der Waals surface area contributed by atoms with Gasteiger partial charge in [0.25, 0.3) is 0 Å². The van der Waals surface area contributed by atoms with Crippen molar-refractivity contribution in [2.24, 2.45) is 11.1 Å². The zero-order chi connectivity index (χ0) is 14.9. The molecule has 1 aromatic rings. The fraction of sp³-hybridized carbons (Fsp3) is 0.538. The van der Waals surface area contributed by atoms with Gasteiger partial charge in [-0.05, 0) is 18.1 Å². The number of aromatic nitrogens is 1. The van der Waals surface area contributed by atoms with Gasteiger partial charge in [-0.3, -0.25) is 9.69 Å². The molecule has 1 saturated heterocycles. The molecule has 2 rings (SSSR count). The molecule has 1 amide bonds. The van der Waals surface area contributed by atoms with Gasteiger partial charge < -0.3 is 0 Å². The van der Waals surface area contributed by atoms with Crippen LogP contribution < -0.4 is 10.0 Å². The van der Waals surface area contributed by atoms with Crippen LogP contribution in [0.3, 0.4) is 0 Å². The number of rotatable bonds is 4. The van der Waals surface area contributed by atoms with E-state index in [4.69, 9.17) is 5.14 Å². The van der Waals surface area contributed by atoms with E-state index >= 15 is 0 Å². The van der Waals surface area contributed by atoms with Gasteiger partial charge in [0.15, 0.2) is 0 Å². The summed E-state index contributed by atoms with van der Waals surface area (Å²) in [5.41, 5.74) is 0.908. The summed E-state index contributed by atoms with van der Waals surface area (Å²) in [7, 11) is -3.56. The first-order valence-corrected chi connectivity index (χ1v) is 8.25. The number of nitrogens with zero attached hydrogens (tertiary/aromatic N) is 2. The Kier molecular flexibility index (Phi) is 4.10. The number of amides is 1. The zero-order valence-electron chi connectivity index (χ0n) is 11.6. The van der Waals surface area contributed by atoms with E-state index in [9.17, 15) is 13.2 Å². The maximum absolute atomic E-state index is 12.0. The topological polar surface area (TPSA) is 93.4 Å². The highest BCUT2D eigenvalue weighted by molar-refractivity contribution is 7.89. The van der Waals surface area contributed by atoms with Crippen molar-refractivity contribution < 1.29 is 13.2 Å². The lowest BCUT2D eigenvalue weighted by Crippen LogP contribution is -2.28. The summed E-state index contributed by atoms with van der Waals surface area (Å²) in [4.78, 5) is 18.0. The molecule has 0 aromatic carbocycles. The molecule has 110 valence electrons. The summed E-state index contributed by atoms with van der Waals surface area (Å²) >= 11 is 0. The van der Waals surface area contributed by atoms with Crippen molar-refractivity contribution in [3.8, 4) is 0 Å². The third-order valence-corrected chi connectivity index (χ3v) is 4.23. The Morgan fingerprint density at radius 1 is 1.45 bits per heavy atom. The fourth-order valence-corrected chi connectivity index (χ4v) is 3.23. The maximum atomic E-state index is 12.0. The number of hydrogen-bond acceptors (Lipinski definition) is 4. The molecular formula is C13H19N3O3S. The quantitative estimate of drug-likeness (QED) is 0.891. The highest BCUT2D eigenvalue weighted by atomic mass is 32.2. The molecule has 0 bridgehead atoms. The van der Waals surface area contributed by atoms with E-state index in [2.05, 4.69) is 4.98 Å². The number of nitrogens with two attached hydrogens (primary N) is 1. The van der Waals surface area contributed by atoms with Crippen LogP contribution in [0.4, 0.5) is 5.82 Å². The number of primary sulfonamides is 1. The molecule has 0 aliphatic carbocycles. The molecule has 1 atom stereocenters. The summed E-state index contributed by atoms with van der Waals surface area (Å²) in [5.74, 6) is 0.319.